The van der Waals surface area contributed by atoms with Crippen molar-refractivity contribution in [2.75, 3.05) is 12.6 Å². The average molecular weight is 995 g/mol. The van der Waals surface area contributed by atoms with Crippen LogP contribution in [0.3, 0.4) is 0 Å². The summed E-state index contributed by atoms with van der Waals surface area (Å²) in [7, 11) is 0.148. The second kappa shape index (κ2) is 38.8. The van der Waals surface area contributed by atoms with Gasteiger partial charge in [-0.1, -0.05) is 207 Å². The third kappa shape index (κ3) is 25.7. The van der Waals surface area contributed by atoms with E-state index in [9.17, 15) is 52.7 Å². The van der Waals surface area contributed by atoms with Crippen LogP contribution in [0, 0.1) is 53.5 Å². The Kier molecular flexibility index (Phi) is 37.7. The molecule has 0 spiro atoms. The molecule has 0 aliphatic rings. The first-order valence-corrected chi connectivity index (χ1v) is 28.0. The van der Waals surface area contributed by atoms with E-state index in [4.69, 9.17) is 0 Å². The molecular weight excluding hydrogens is 906 g/mol. The molecule has 0 nitrogen and oxygen atoms in total. The molecule has 0 radical (unpaired) electrons. The summed E-state index contributed by atoms with van der Waals surface area (Å²) >= 11 is 0. The van der Waals surface area contributed by atoms with Crippen molar-refractivity contribution in [1.82, 2.24) is 0 Å². The molecule has 14 heteroatoms. The zero-order chi connectivity index (χ0) is 50.7. The van der Waals surface area contributed by atoms with Crippen molar-refractivity contribution in [3.05, 3.63) is 57.7 Å². The molecule has 0 N–H and O–H groups in total. The van der Waals surface area contributed by atoms with Gasteiger partial charge in [0.25, 0.3) is 0 Å². The van der Waals surface area contributed by atoms with Crippen LogP contribution in [0.25, 0.3) is 11.1 Å². The molecule has 0 aliphatic heterocycles. The topological polar surface area (TPSA) is 0 Å². The van der Waals surface area contributed by atoms with Gasteiger partial charge in [-0.2, -0.15) is 38.5 Å². The second-order valence-electron chi connectivity index (χ2n) is 19.0. The van der Waals surface area contributed by atoms with Gasteiger partial charge in [-0.3, -0.25) is 0 Å². The summed E-state index contributed by atoms with van der Waals surface area (Å²) in [5.74, 6) is -21.2. The van der Waals surface area contributed by atoms with Crippen LogP contribution in [0.2, 0.25) is 25.3 Å². The number of halogens is 12. The van der Waals surface area contributed by atoms with Crippen LogP contribution < -0.4 is 0 Å². The Morgan fingerprint density at radius 2 is 0.627 bits per heavy atom. The summed E-state index contributed by atoms with van der Waals surface area (Å²) in [6, 6.07) is 0. The molecule has 0 amide bonds. The highest BCUT2D eigenvalue weighted by Crippen LogP contribution is 2.45. The van der Waals surface area contributed by atoms with Gasteiger partial charge < -0.3 is 0 Å². The van der Waals surface area contributed by atoms with Gasteiger partial charge in [0, 0.05) is 20.3 Å². The van der Waals surface area contributed by atoms with Crippen LogP contribution in [0.1, 0.15) is 226 Å². The molecule has 0 heterocycles. The van der Waals surface area contributed by atoms with E-state index in [1.54, 1.807) is 25.3 Å². The van der Waals surface area contributed by atoms with Crippen molar-refractivity contribution in [2.24, 2.45) is 0 Å². The molecule has 2 rings (SSSR count). The molecule has 1 atom stereocenters. The van der Waals surface area contributed by atoms with Gasteiger partial charge in [-0.25, -0.2) is 39.5 Å². The van der Waals surface area contributed by atoms with E-state index in [1.807, 2.05) is 6.92 Å². The number of unbranched alkanes of at least 4 members (excludes halogenated alkanes) is 24. The Labute approximate surface area is 400 Å². The van der Waals surface area contributed by atoms with Crippen molar-refractivity contribution in [3.63, 3.8) is 0 Å². The normalized spacial score (nSPS) is 11.9. The maximum absolute atomic E-state index is 13.8. The highest BCUT2D eigenvalue weighted by atomic mass is 31.1. The van der Waals surface area contributed by atoms with Crippen LogP contribution in [0.4, 0.5) is 52.7 Å². The zero-order valence-corrected chi connectivity index (χ0v) is 43.4. The number of rotatable bonds is 35. The highest BCUT2D eigenvalue weighted by Gasteiger charge is 2.43. The van der Waals surface area contributed by atoms with Crippen LogP contribution in [-0.4, -0.2) is 18.7 Å². The minimum Gasteiger partial charge on any atom is -0.207 e. The molecule has 0 saturated carbocycles. The standard InChI is InChI=1S/C36H76B.C14H3F11.C3H8FP/c1-5-9-13-17-21-25-29-33-37(34-30-26-22-18-14-10-6-2,35-31-27-23-19-15-11-7-3)36-32-28-24-20-16-12-8-4;1-2-3(4-7(16)11(20)13(22)12(21)8(4)17)5(14(23,24)25)9(18)10(19)6(2)15;1-2-5-3-4/h5-36H2,1-4H3;1H3;5H,2-3H2,1H3/q-1;;/p+1. The molecule has 0 aliphatic carbocycles. The molecule has 0 aromatic heterocycles. The van der Waals surface area contributed by atoms with Crippen molar-refractivity contribution < 1.29 is 52.7 Å². The number of hydrogen-bond acceptors (Lipinski definition) is 0. The first-order valence-electron chi connectivity index (χ1n) is 26.3. The van der Waals surface area contributed by atoms with Crippen LogP contribution >= 0.6 is 8.58 Å². The summed E-state index contributed by atoms with van der Waals surface area (Å²) < 4.78 is 157. The summed E-state index contributed by atoms with van der Waals surface area (Å²) in [5.41, 5.74) is -8.45. The summed E-state index contributed by atoms with van der Waals surface area (Å²) in [6.07, 6.45) is 42.8. The molecule has 2 aromatic carbocycles. The largest absolute Gasteiger partial charge is 0.419 e. The van der Waals surface area contributed by atoms with Gasteiger partial charge in [0.05, 0.1) is 11.7 Å². The lowest BCUT2D eigenvalue weighted by Crippen LogP contribution is -2.34. The highest BCUT2D eigenvalue weighted by molar-refractivity contribution is 7.37. The predicted molar refractivity (Wildman–Crippen MR) is 264 cm³/mol. The monoisotopic (exact) mass is 995 g/mol. The maximum Gasteiger partial charge on any atom is 0.419 e. The van der Waals surface area contributed by atoms with E-state index < -0.39 is 75.0 Å². The van der Waals surface area contributed by atoms with E-state index in [-0.39, 0.29) is 21.1 Å². The smallest absolute Gasteiger partial charge is 0.207 e. The zero-order valence-electron chi connectivity index (χ0n) is 42.2. The Hall–Kier alpha value is -1.91. The quantitative estimate of drug-likeness (QED) is 0.0161. The fourth-order valence-electron chi connectivity index (χ4n) is 9.29. The summed E-state index contributed by atoms with van der Waals surface area (Å²) in [6.45, 7) is 11.7. The molecule has 0 bridgehead atoms. The number of benzene rings is 2. The Bertz CT molecular complexity index is 1460. The summed E-state index contributed by atoms with van der Waals surface area (Å²) in [4.78, 5) is 0. The number of alkyl halides is 4. The molecular formula is C53H88BF12P. The molecule has 67 heavy (non-hydrogen) atoms. The third-order valence-corrected chi connectivity index (χ3v) is 14.2. The molecule has 0 fully saturated rings. The van der Waals surface area contributed by atoms with Crippen molar-refractivity contribution in [3.8, 4) is 11.1 Å². The lowest BCUT2D eigenvalue weighted by molar-refractivity contribution is -0.139. The SMILES string of the molecule is CCCCCCCCC[B-](CCCCCCCCC)(CCCCCCCCC)CCCCCCCCC.CC[PH2+]CF.Cc1c(F)c(F)c(F)c(C(F)(F)F)c1-c1c(F)c(F)c(F)c(F)c1F. The van der Waals surface area contributed by atoms with E-state index in [1.165, 1.54) is 180 Å². The Morgan fingerprint density at radius 3 is 0.881 bits per heavy atom. The fraction of sp³-hybridized carbons (Fsp3) is 0.774. The molecule has 2 aromatic rings. The molecule has 1 unspecified atom stereocenters. The first kappa shape index (κ1) is 65.1. The van der Waals surface area contributed by atoms with Gasteiger partial charge in [-0.15, -0.1) is 0 Å². The van der Waals surface area contributed by atoms with Crippen molar-refractivity contribution >= 4 is 14.7 Å². The van der Waals surface area contributed by atoms with Gasteiger partial charge in [0.2, 0.25) is 5.82 Å². The second-order valence-corrected chi connectivity index (χ2v) is 20.7. The lowest BCUT2D eigenvalue weighted by Gasteiger charge is -2.41. The maximum atomic E-state index is 13.8. The van der Waals surface area contributed by atoms with Crippen molar-refractivity contribution in [2.45, 2.75) is 253 Å². The Morgan fingerprint density at radius 1 is 0.358 bits per heavy atom. The van der Waals surface area contributed by atoms with Gasteiger partial charge in [-0.05, 0) is 19.4 Å². The van der Waals surface area contributed by atoms with Crippen LogP contribution in [0.5, 0.6) is 0 Å². The first-order chi connectivity index (χ1) is 32.0. The van der Waals surface area contributed by atoms with Gasteiger partial charge in [0.1, 0.15) is 5.56 Å². The molecule has 392 valence electrons. The molecule has 0 saturated heterocycles. The minimum absolute atomic E-state index is 0.0729. The fourth-order valence-corrected chi connectivity index (χ4v) is 9.51. The number of hydrogen-bond donors (Lipinski definition) is 0. The van der Waals surface area contributed by atoms with Gasteiger partial charge >= 0.3 is 6.18 Å². The van der Waals surface area contributed by atoms with E-state index in [2.05, 4.69) is 27.7 Å². The van der Waals surface area contributed by atoms with Crippen molar-refractivity contribution in [1.29, 1.82) is 0 Å². The minimum atomic E-state index is -5.83. The van der Waals surface area contributed by atoms with E-state index >= 15 is 0 Å². The van der Waals surface area contributed by atoms with E-state index in [0.717, 1.165) is 6.16 Å². The van der Waals surface area contributed by atoms with Gasteiger partial charge in [0.15, 0.2) is 47.1 Å². The Balaban J connectivity index is 0.00000124. The van der Waals surface area contributed by atoms with E-state index in [0.29, 0.717) is 6.92 Å². The lowest BCUT2D eigenvalue weighted by atomic mass is 9.17. The predicted octanol–water partition coefficient (Wildman–Crippen LogP) is 21.6. The average Bonchev–Trinajstić information content (AvgIpc) is 3.30. The van der Waals surface area contributed by atoms with Crippen LogP contribution in [-0.2, 0) is 6.18 Å². The third-order valence-electron chi connectivity index (χ3n) is 13.4. The summed E-state index contributed by atoms with van der Waals surface area (Å²) in [5, 5.41) is 0. The van der Waals surface area contributed by atoms with Crippen LogP contribution in [0.15, 0.2) is 0 Å².